The van der Waals surface area contributed by atoms with E-state index in [2.05, 4.69) is 27.5 Å². The number of anilines is 3. The number of para-hydroxylation sites is 1. The van der Waals surface area contributed by atoms with Gasteiger partial charge in [-0.15, -0.1) is 0 Å². The minimum absolute atomic E-state index is 0.128. The van der Waals surface area contributed by atoms with Crippen molar-refractivity contribution in [1.82, 2.24) is 9.97 Å². The van der Waals surface area contributed by atoms with Gasteiger partial charge < -0.3 is 10.6 Å². The fourth-order valence-corrected chi connectivity index (χ4v) is 2.22. The van der Waals surface area contributed by atoms with Gasteiger partial charge in [0, 0.05) is 18.0 Å². The lowest BCUT2D eigenvalue weighted by atomic mass is 10.2. The Balaban J connectivity index is 2.00. The standard InChI is InChI=1S/C17H16F2N4/c1-2-9-20-16-12-5-3-4-6-14(12)21-17(23-16)22-15-8-7-11(18)10-13(15)19/h3-8,10H,2,9H2,1H3,(H2,20,21,22,23). The predicted octanol–water partition coefficient (Wildman–Crippen LogP) is 4.47. The van der Waals surface area contributed by atoms with Gasteiger partial charge in [-0.05, 0) is 30.7 Å². The second-order valence-corrected chi connectivity index (χ2v) is 5.09. The summed E-state index contributed by atoms with van der Waals surface area (Å²) in [5, 5.41) is 6.94. The normalized spacial score (nSPS) is 10.7. The molecule has 0 aliphatic rings. The van der Waals surface area contributed by atoms with Crippen LogP contribution in [-0.4, -0.2) is 16.5 Å². The molecular formula is C17H16F2N4. The van der Waals surface area contributed by atoms with Crippen molar-refractivity contribution in [3.05, 3.63) is 54.1 Å². The van der Waals surface area contributed by atoms with Gasteiger partial charge in [0.2, 0.25) is 5.95 Å². The van der Waals surface area contributed by atoms with Gasteiger partial charge in [0.1, 0.15) is 17.5 Å². The summed E-state index contributed by atoms with van der Waals surface area (Å²) in [5.41, 5.74) is 0.870. The van der Waals surface area contributed by atoms with Crippen molar-refractivity contribution in [3.8, 4) is 0 Å². The van der Waals surface area contributed by atoms with Crippen molar-refractivity contribution >= 4 is 28.4 Å². The molecular weight excluding hydrogens is 298 g/mol. The lowest BCUT2D eigenvalue weighted by Crippen LogP contribution is -2.06. The van der Waals surface area contributed by atoms with Crippen LogP contribution in [-0.2, 0) is 0 Å². The van der Waals surface area contributed by atoms with Gasteiger partial charge in [0.15, 0.2) is 0 Å². The van der Waals surface area contributed by atoms with Crippen molar-refractivity contribution in [2.24, 2.45) is 0 Å². The van der Waals surface area contributed by atoms with E-state index in [0.717, 1.165) is 29.9 Å². The molecule has 3 aromatic rings. The average Bonchev–Trinajstić information content (AvgIpc) is 2.55. The highest BCUT2D eigenvalue weighted by atomic mass is 19.1. The molecule has 0 fully saturated rings. The fraction of sp³-hybridized carbons (Fsp3) is 0.176. The Morgan fingerprint density at radius 1 is 1.04 bits per heavy atom. The van der Waals surface area contributed by atoms with Crippen LogP contribution in [0.4, 0.5) is 26.2 Å². The monoisotopic (exact) mass is 314 g/mol. The van der Waals surface area contributed by atoms with Crippen LogP contribution < -0.4 is 10.6 Å². The summed E-state index contributed by atoms with van der Waals surface area (Å²) in [6.45, 7) is 2.83. The number of fused-ring (bicyclic) bond motifs is 1. The molecule has 0 aliphatic carbocycles. The van der Waals surface area contributed by atoms with Crippen molar-refractivity contribution in [3.63, 3.8) is 0 Å². The largest absolute Gasteiger partial charge is 0.369 e. The Morgan fingerprint density at radius 3 is 2.65 bits per heavy atom. The summed E-state index contributed by atoms with van der Waals surface area (Å²) >= 11 is 0. The van der Waals surface area contributed by atoms with E-state index in [-0.39, 0.29) is 11.6 Å². The molecule has 2 aromatic carbocycles. The van der Waals surface area contributed by atoms with Gasteiger partial charge in [-0.3, -0.25) is 0 Å². The number of nitrogens with zero attached hydrogens (tertiary/aromatic N) is 2. The van der Waals surface area contributed by atoms with Gasteiger partial charge in [-0.25, -0.2) is 13.8 Å². The smallest absolute Gasteiger partial charge is 0.229 e. The molecule has 0 radical (unpaired) electrons. The molecule has 6 heteroatoms. The molecule has 23 heavy (non-hydrogen) atoms. The number of hydrogen-bond donors (Lipinski definition) is 2. The van der Waals surface area contributed by atoms with Gasteiger partial charge in [-0.2, -0.15) is 4.98 Å². The van der Waals surface area contributed by atoms with Crippen LogP contribution in [0.25, 0.3) is 10.9 Å². The minimum atomic E-state index is -0.690. The van der Waals surface area contributed by atoms with E-state index < -0.39 is 11.6 Å². The topological polar surface area (TPSA) is 49.8 Å². The summed E-state index contributed by atoms with van der Waals surface area (Å²) in [6.07, 6.45) is 0.952. The molecule has 2 N–H and O–H groups in total. The lowest BCUT2D eigenvalue weighted by molar-refractivity contribution is 0.586. The highest BCUT2D eigenvalue weighted by molar-refractivity contribution is 5.90. The van der Waals surface area contributed by atoms with Crippen LogP contribution in [0.2, 0.25) is 0 Å². The first-order valence-corrected chi connectivity index (χ1v) is 7.40. The van der Waals surface area contributed by atoms with Crippen LogP contribution in [0.5, 0.6) is 0 Å². The molecule has 0 saturated carbocycles. The first kappa shape index (κ1) is 15.1. The van der Waals surface area contributed by atoms with Crippen LogP contribution in [0.3, 0.4) is 0 Å². The first-order chi connectivity index (χ1) is 11.2. The highest BCUT2D eigenvalue weighted by Crippen LogP contribution is 2.24. The zero-order valence-electron chi connectivity index (χ0n) is 12.6. The summed E-state index contributed by atoms with van der Waals surface area (Å²) < 4.78 is 26.8. The Bertz CT molecular complexity index is 836. The van der Waals surface area contributed by atoms with E-state index in [0.29, 0.717) is 5.82 Å². The second-order valence-electron chi connectivity index (χ2n) is 5.09. The van der Waals surface area contributed by atoms with Crippen molar-refractivity contribution in [1.29, 1.82) is 0 Å². The minimum Gasteiger partial charge on any atom is -0.369 e. The fourth-order valence-electron chi connectivity index (χ4n) is 2.22. The van der Waals surface area contributed by atoms with Crippen molar-refractivity contribution in [2.45, 2.75) is 13.3 Å². The average molecular weight is 314 g/mol. The van der Waals surface area contributed by atoms with Gasteiger partial charge in [0.25, 0.3) is 0 Å². The molecule has 0 atom stereocenters. The molecule has 4 nitrogen and oxygen atoms in total. The SMILES string of the molecule is CCCNc1nc(Nc2ccc(F)cc2F)nc2ccccc12. The second kappa shape index (κ2) is 6.56. The molecule has 0 aliphatic heterocycles. The summed E-state index contributed by atoms with van der Waals surface area (Å²) in [6, 6.07) is 10.9. The Kier molecular flexibility index (Phi) is 4.32. The summed E-state index contributed by atoms with van der Waals surface area (Å²) in [7, 11) is 0. The lowest BCUT2D eigenvalue weighted by Gasteiger charge is -2.11. The molecule has 0 spiro atoms. The van der Waals surface area contributed by atoms with Crippen LogP contribution in [0, 0.1) is 11.6 Å². The molecule has 0 bridgehead atoms. The maximum atomic E-state index is 13.8. The van der Waals surface area contributed by atoms with Crippen LogP contribution in [0.15, 0.2) is 42.5 Å². The number of nitrogens with one attached hydrogen (secondary N) is 2. The van der Waals surface area contributed by atoms with E-state index >= 15 is 0 Å². The first-order valence-electron chi connectivity index (χ1n) is 7.40. The number of hydrogen-bond acceptors (Lipinski definition) is 4. The predicted molar refractivity (Wildman–Crippen MR) is 88.0 cm³/mol. The maximum absolute atomic E-state index is 13.8. The van der Waals surface area contributed by atoms with Crippen molar-refractivity contribution in [2.75, 3.05) is 17.2 Å². The van der Waals surface area contributed by atoms with E-state index in [1.165, 1.54) is 12.1 Å². The number of benzene rings is 2. The van der Waals surface area contributed by atoms with E-state index in [1.54, 1.807) is 0 Å². The zero-order chi connectivity index (χ0) is 16.2. The molecule has 0 saturated heterocycles. The molecule has 3 rings (SSSR count). The molecule has 1 heterocycles. The Morgan fingerprint density at radius 2 is 1.87 bits per heavy atom. The van der Waals surface area contributed by atoms with Crippen LogP contribution in [0.1, 0.15) is 13.3 Å². The van der Waals surface area contributed by atoms with E-state index in [4.69, 9.17) is 0 Å². The number of rotatable bonds is 5. The highest BCUT2D eigenvalue weighted by Gasteiger charge is 2.10. The molecule has 1 aromatic heterocycles. The number of aromatic nitrogens is 2. The van der Waals surface area contributed by atoms with Gasteiger partial charge in [0.05, 0.1) is 11.2 Å². The van der Waals surface area contributed by atoms with Crippen LogP contribution >= 0.6 is 0 Å². The van der Waals surface area contributed by atoms with Gasteiger partial charge in [-0.1, -0.05) is 19.1 Å². The third kappa shape index (κ3) is 3.36. The number of halogens is 2. The zero-order valence-corrected chi connectivity index (χ0v) is 12.6. The Labute approximate surface area is 132 Å². The van der Waals surface area contributed by atoms with E-state index in [9.17, 15) is 8.78 Å². The molecule has 0 amide bonds. The van der Waals surface area contributed by atoms with E-state index in [1.807, 2.05) is 24.3 Å². The summed E-state index contributed by atoms with van der Waals surface area (Å²) in [4.78, 5) is 8.78. The van der Waals surface area contributed by atoms with Gasteiger partial charge >= 0.3 is 0 Å². The molecule has 0 unspecified atom stereocenters. The quantitative estimate of drug-likeness (QED) is 0.729. The summed E-state index contributed by atoms with van der Waals surface area (Å²) in [5.74, 6) is -0.377. The maximum Gasteiger partial charge on any atom is 0.229 e. The third-order valence-electron chi connectivity index (χ3n) is 3.32. The third-order valence-corrected chi connectivity index (χ3v) is 3.32. The van der Waals surface area contributed by atoms with Crippen molar-refractivity contribution < 1.29 is 8.78 Å². The Hall–Kier alpha value is -2.76. The molecule has 118 valence electrons.